The summed E-state index contributed by atoms with van der Waals surface area (Å²) >= 11 is 1.59. The highest BCUT2D eigenvalue weighted by Gasteiger charge is 2.23. The van der Waals surface area contributed by atoms with E-state index in [0.29, 0.717) is 22.3 Å². The van der Waals surface area contributed by atoms with Crippen LogP contribution in [0.5, 0.6) is 0 Å². The molecule has 0 fully saturated rings. The Morgan fingerprint density at radius 1 is 1.00 bits per heavy atom. The molecule has 5 rings (SSSR count). The Morgan fingerprint density at radius 2 is 1.86 bits per heavy atom. The van der Waals surface area contributed by atoms with Crippen molar-refractivity contribution in [3.05, 3.63) is 106 Å². The molecule has 0 bridgehead atoms. The maximum absolute atomic E-state index is 13.6. The van der Waals surface area contributed by atoms with Crippen LogP contribution in [0.1, 0.15) is 45.3 Å². The highest BCUT2D eigenvalue weighted by atomic mass is 32.2. The Bertz CT molecular complexity index is 1500. The first-order chi connectivity index (χ1) is 17.0. The van der Waals surface area contributed by atoms with Crippen molar-refractivity contribution in [3.8, 4) is 0 Å². The van der Waals surface area contributed by atoms with E-state index in [4.69, 9.17) is 5.11 Å². The molecule has 1 unspecified atom stereocenters. The van der Waals surface area contributed by atoms with Gasteiger partial charge >= 0.3 is 5.97 Å². The van der Waals surface area contributed by atoms with Gasteiger partial charge in [-0.15, -0.1) is 11.8 Å². The number of benzene rings is 2. The van der Waals surface area contributed by atoms with Crippen LogP contribution in [0.3, 0.4) is 0 Å². The fourth-order valence-electron chi connectivity index (χ4n) is 4.05. The lowest BCUT2D eigenvalue weighted by atomic mass is 9.98. The predicted octanol–water partition coefficient (Wildman–Crippen LogP) is 6.86. The third kappa shape index (κ3) is 5.00. The zero-order valence-electron chi connectivity index (χ0n) is 18.5. The number of halogens is 2. The van der Waals surface area contributed by atoms with E-state index < -0.39 is 17.6 Å². The summed E-state index contributed by atoms with van der Waals surface area (Å²) in [4.78, 5) is 20.0. The summed E-state index contributed by atoms with van der Waals surface area (Å²) < 4.78 is 27.1. The lowest BCUT2D eigenvalue weighted by Crippen LogP contribution is -2.04. The van der Waals surface area contributed by atoms with Gasteiger partial charge in [-0.3, -0.25) is 9.78 Å². The van der Waals surface area contributed by atoms with Crippen molar-refractivity contribution in [2.75, 3.05) is 5.75 Å². The molecular formula is C28H20F2N2O2S. The van der Waals surface area contributed by atoms with E-state index in [1.807, 2.05) is 48.6 Å². The van der Waals surface area contributed by atoms with Gasteiger partial charge in [-0.05, 0) is 58.7 Å². The first kappa shape index (κ1) is 22.9. The van der Waals surface area contributed by atoms with Gasteiger partial charge in [0.05, 0.1) is 28.6 Å². The maximum Gasteiger partial charge on any atom is 0.304 e. The van der Waals surface area contributed by atoms with Crippen LogP contribution >= 0.6 is 11.8 Å². The number of hydrogen-bond donors (Lipinski definition) is 1. The second kappa shape index (κ2) is 9.80. The summed E-state index contributed by atoms with van der Waals surface area (Å²) in [5.41, 5.74) is 6.00. The van der Waals surface area contributed by atoms with Crippen molar-refractivity contribution in [1.29, 1.82) is 0 Å². The number of aromatic nitrogens is 2. The Labute approximate surface area is 205 Å². The first-order valence-corrected chi connectivity index (χ1v) is 12.1. The number of fused-ring (bicyclic) bond motifs is 3. The minimum atomic E-state index is -0.925. The number of carboxylic acids is 1. The van der Waals surface area contributed by atoms with E-state index >= 15 is 0 Å². The zero-order valence-corrected chi connectivity index (χ0v) is 19.3. The Balaban J connectivity index is 1.48. The van der Waals surface area contributed by atoms with E-state index in [9.17, 15) is 13.6 Å². The summed E-state index contributed by atoms with van der Waals surface area (Å²) in [5.74, 6) is -2.16. The third-order valence-corrected chi connectivity index (χ3v) is 7.05. The van der Waals surface area contributed by atoms with Crippen LogP contribution in [-0.2, 0) is 4.79 Å². The number of nitrogens with zero attached hydrogens (tertiary/aromatic N) is 2. The van der Waals surface area contributed by atoms with Crippen LogP contribution < -0.4 is 0 Å². The summed E-state index contributed by atoms with van der Waals surface area (Å²) in [6.07, 6.45) is 9.61. The Hall–Kier alpha value is -3.84. The average molecular weight is 487 g/mol. The van der Waals surface area contributed by atoms with Crippen molar-refractivity contribution in [2.45, 2.75) is 11.7 Å². The molecule has 4 nitrogen and oxygen atoms in total. The molecule has 2 aromatic heterocycles. The van der Waals surface area contributed by atoms with Gasteiger partial charge in [-0.2, -0.15) is 0 Å². The van der Waals surface area contributed by atoms with Gasteiger partial charge in [-0.1, -0.05) is 36.4 Å². The zero-order chi connectivity index (χ0) is 24.4. The molecule has 0 amide bonds. The number of hydrogen-bond acceptors (Lipinski definition) is 4. The predicted molar refractivity (Wildman–Crippen MR) is 137 cm³/mol. The molecular weight excluding hydrogens is 466 g/mol. The van der Waals surface area contributed by atoms with Gasteiger partial charge < -0.3 is 5.11 Å². The van der Waals surface area contributed by atoms with Gasteiger partial charge in [0.2, 0.25) is 0 Å². The molecule has 1 atom stereocenters. The summed E-state index contributed by atoms with van der Waals surface area (Å²) in [5, 5.41) is 9.59. The monoisotopic (exact) mass is 486 g/mol. The minimum Gasteiger partial charge on any atom is -0.481 e. The van der Waals surface area contributed by atoms with Crippen molar-refractivity contribution in [2.24, 2.45) is 0 Å². The van der Waals surface area contributed by atoms with E-state index in [-0.39, 0.29) is 11.7 Å². The second-order valence-corrected chi connectivity index (χ2v) is 9.34. The van der Waals surface area contributed by atoms with Crippen molar-refractivity contribution >= 4 is 52.9 Å². The number of pyridine rings is 2. The van der Waals surface area contributed by atoms with Crippen LogP contribution in [0.2, 0.25) is 0 Å². The lowest BCUT2D eigenvalue weighted by molar-refractivity contribution is -0.136. The molecule has 1 N–H and O–H groups in total. The lowest BCUT2D eigenvalue weighted by Gasteiger charge is -2.20. The van der Waals surface area contributed by atoms with Gasteiger partial charge in [0.25, 0.3) is 0 Å². The van der Waals surface area contributed by atoms with Gasteiger partial charge in [-0.25, -0.2) is 13.8 Å². The molecule has 1 aliphatic carbocycles. The molecule has 0 saturated carbocycles. The van der Waals surface area contributed by atoms with Gasteiger partial charge in [0.15, 0.2) is 11.6 Å². The maximum atomic E-state index is 13.6. The van der Waals surface area contributed by atoms with E-state index in [2.05, 4.69) is 16.0 Å². The molecule has 4 aromatic rings. The van der Waals surface area contributed by atoms with Crippen LogP contribution in [0.25, 0.3) is 35.2 Å². The molecule has 0 saturated heterocycles. The molecule has 35 heavy (non-hydrogen) atoms. The topological polar surface area (TPSA) is 63.1 Å². The van der Waals surface area contributed by atoms with E-state index in [1.54, 1.807) is 30.1 Å². The van der Waals surface area contributed by atoms with E-state index in [0.717, 1.165) is 40.1 Å². The molecule has 7 heteroatoms. The molecule has 2 heterocycles. The summed E-state index contributed by atoms with van der Waals surface area (Å²) in [6, 6.07) is 15.8. The van der Waals surface area contributed by atoms with Crippen LogP contribution in [0.15, 0.2) is 60.8 Å². The fraction of sp³-hybridized carbons (Fsp3) is 0.107. The highest BCUT2D eigenvalue weighted by molar-refractivity contribution is 7.99. The number of aliphatic carboxylic acids is 1. The molecule has 0 spiro atoms. The smallest absolute Gasteiger partial charge is 0.304 e. The van der Waals surface area contributed by atoms with Crippen molar-refractivity contribution < 1.29 is 18.7 Å². The largest absolute Gasteiger partial charge is 0.481 e. The van der Waals surface area contributed by atoms with Gasteiger partial charge in [0, 0.05) is 23.4 Å². The van der Waals surface area contributed by atoms with Crippen LogP contribution in [0.4, 0.5) is 8.78 Å². The molecule has 174 valence electrons. The highest BCUT2D eigenvalue weighted by Crippen LogP contribution is 2.42. The quantitative estimate of drug-likeness (QED) is 0.323. The number of carboxylic acid groups (broad SMARTS) is 1. The SMILES string of the molecule is O=C(O)CCSC1c2cc(/C=C/c3ccc4cc(F)c(F)cc4n3)ccc2C=Cc2ncccc21. The van der Waals surface area contributed by atoms with Crippen molar-refractivity contribution in [3.63, 3.8) is 0 Å². The summed E-state index contributed by atoms with van der Waals surface area (Å²) in [6.45, 7) is 0. The Kier molecular flexibility index (Phi) is 6.42. The fourth-order valence-corrected chi connectivity index (χ4v) is 5.35. The number of carbonyl (C=O) groups is 1. The third-order valence-electron chi connectivity index (χ3n) is 5.77. The van der Waals surface area contributed by atoms with Crippen LogP contribution in [-0.4, -0.2) is 26.8 Å². The molecule has 2 aromatic carbocycles. The normalized spacial score (nSPS) is 14.6. The minimum absolute atomic E-state index is 0.0620. The first-order valence-electron chi connectivity index (χ1n) is 11.0. The van der Waals surface area contributed by atoms with Gasteiger partial charge in [0.1, 0.15) is 0 Å². The molecule has 1 aliphatic rings. The average Bonchev–Trinajstić information content (AvgIpc) is 3.00. The number of thioether (sulfide) groups is 1. The van der Waals surface area contributed by atoms with Crippen molar-refractivity contribution in [1.82, 2.24) is 9.97 Å². The van der Waals surface area contributed by atoms with Crippen LogP contribution in [0, 0.1) is 11.6 Å². The second-order valence-electron chi connectivity index (χ2n) is 8.12. The summed E-state index contributed by atoms with van der Waals surface area (Å²) in [7, 11) is 0. The standard InChI is InChI=1S/C28H20F2N2O2S/c29-23-15-19-6-9-20(32-26(19)16-24(23)30)8-4-17-3-5-18-7-10-25-21(2-1-12-31-25)28(22(18)14-17)35-13-11-27(33)34/h1-10,12,14-16,28H,11,13H2,(H,33,34)/b8-4+. The molecule has 0 aliphatic heterocycles. The number of rotatable bonds is 6. The van der Waals surface area contributed by atoms with E-state index in [1.165, 1.54) is 0 Å². The molecule has 0 radical (unpaired) electrons. The Morgan fingerprint density at radius 3 is 2.71 bits per heavy atom.